The zero-order valence-corrected chi connectivity index (χ0v) is 19.9. The van der Waals surface area contributed by atoms with Crippen molar-refractivity contribution in [3.05, 3.63) is 52.8 Å². The fraction of sp³-hybridized carbons (Fsp3) is 0.538. The lowest BCUT2D eigenvalue weighted by molar-refractivity contribution is -0.133. The maximum Gasteiger partial charge on any atom is 0.270 e. The topological polar surface area (TPSA) is 59.6 Å². The van der Waals surface area contributed by atoms with Gasteiger partial charge in [-0.1, -0.05) is 12.1 Å². The van der Waals surface area contributed by atoms with E-state index in [0.29, 0.717) is 24.1 Å². The highest BCUT2D eigenvalue weighted by molar-refractivity contribution is 5.94. The molecule has 0 saturated carbocycles. The standard InChI is InChI=1S/C26H36N4O2/c1-18-6-5-7-23(14-18)30-13-12-29(17-21(30)4)24(31)16-22-8-10-28(11-9-22)26(32)25-19(2)15-20(3)27-25/h5-7,14-15,21-22,27H,8-13,16-17H2,1-4H3/t21-/m1/s1. The second-order valence-corrected chi connectivity index (χ2v) is 9.67. The number of H-pyrrole nitrogens is 1. The van der Waals surface area contributed by atoms with Crippen molar-refractivity contribution < 1.29 is 9.59 Å². The van der Waals surface area contributed by atoms with E-state index in [-0.39, 0.29) is 11.8 Å². The van der Waals surface area contributed by atoms with Crippen LogP contribution in [-0.4, -0.2) is 65.4 Å². The molecule has 3 heterocycles. The second-order valence-electron chi connectivity index (χ2n) is 9.67. The van der Waals surface area contributed by atoms with E-state index in [2.05, 4.69) is 48.0 Å². The predicted molar refractivity (Wildman–Crippen MR) is 128 cm³/mol. The molecule has 0 bridgehead atoms. The van der Waals surface area contributed by atoms with Gasteiger partial charge in [0.05, 0.1) is 0 Å². The molecule has 1 aromatic heterocycles. The Bertz CT molecular complexity index is 974. The number of piperazine rings is 1. The first-order valence-electron chi connectivity index (χ1n) is 11.9. The largest absolute Gasteiger partial charge is 0.365 e. The lowest BCUT2D eigenvalue weighted by Gasteiger charge is -2.42. The summed E-state index contributed by atoms with van der Waals surface area (Å²) in [5, 5.41) is 0. The smallest absolute Gasteiger partial charge is 0.270 e. The number of piperidine rings is 1. The summed E-state index contributed by atoms with van der Waals surface area (Å²) in [5.74, 6) is 0.714. The van der Waals surface area contributed by atoms with Crippen LogP contribution >= 0.6 is 0 Å². The van der Waals surface area contributed by atoms with Gasteiger partial charge in [-0.15, -0.1) is 0 Å². The number of aryl methyl sites for hydroxylation is 3. The first kappa shape index (κ1) is 22.4. The van der Waals surface area contributed by atoms with Crippen LogP contribution in [0.15, 0.2) is 30.3 Å². The fourth-order valence-corrected chi connectivity index (χ4v) is 5.20. The van der Waals surface area contributed by atoms with Crippen LogP contribution in [0.25, 0.3) is 0 Å². The van der Waals surface area contributed by atoms with Gasteiger partial charge in [0.2, 0.25) is 5.91 Å². The van der Waals surface area contributed by atoms with E-state index in [1.54, 1.807) is 0 Å². The molecule has 1 aromatic carbocycles. The molecule has 0 unspecified atom stereocenters. The van der Waals surface area contributed by atoms with Crippen LogP contribution in [-0.2, 0) is 4.79 Å². The Morgan fingerprint density at radius 1 is 1.00 bits per heavy atom. The minimum absolute atomic E-state index is 0.0847. The van der Waals surface area contributed by atoms with Crippen LogP contribution in [0.2, 0.25) is 0 Å². The van der Waals surface area contributed by atoms with Gasteiger partial charge in [0.25, 0.3) is 5.91 Å². The molecule has 0 aliphatic carbocycles. The van der Waals surface area contributed by atoms with Crippen LogP contribution < -0.4 is 4.90 Å². The second kappa shape index (κ2) is 9.39. The number of nitrogens with one attached hydrogen (secondary N) is 1. The van der Waals surface area contributed by atoms with Crippen LogP contribution in [0.5, 0.6) is 0 Å². The summed E-state index contributed by atoms with van der Waals surface area (Å²) < 4.78 is 0. The maximum atomic E-state index is 13.0. The highest BCUT2D eigenvalue weighted by Gasteiger charge is 2.30. The molecule has 4 rings (SSSR count). The summed E-state index contributed by atoms with van der Waals surface area (Å²) in [7, 11) is 0. The van der Waals surface area contributed by atoms with Crippen molar-refractivity contribution in [3.63, 3.8) is 0 Å². The van der Waals surface area contributed by atoms with E-state index in [9.17, 15) is 9.59 Å². The molecule has 2 amide bonds. The lowest BCUT2D eigenvalue weighted by atomic mass is 9.92. The summed E-state index contributed by atoms with van der Waals surface area (Å²) in [6.45, 7) is 12.2. The number of rotatable bonds is 4. The van der Waals surface area contributed by atoms with E-state index in [0.717, 1.165) is 56.8 Å². The SMILES string of the molecule is Cc1cccc(N2CCN(C(=O)CC3CCN(C(=O)c4[nH]c(C)cc4C)CC3)C[C@H]2C)c1. The third-order valence-corrected chi connectivity index (χ3v) is 7.04. The zero-order valence-electron chi connectivity index (χ0n) is 19.9. The molecular formula is C26H36N4O2. The average Bonchev–Trinajstić information content (AvgIpc) is 3.11. The Balaban J connectivity index is 1.26. The number of carbonyl (C=O) groups is 2. The summed E-state index contributed by atoms with van der Waals surface area (Å²) >= 11 is 0. The number of benzene rings is 1. The Morgan fingerprint density at radius 3 is 2.38 bits per heavy atom. The van der Waals surface area contributed by atoms with Gasteiger partial charge in [0.15, 0.2) is 0 Å². The highest BCUT2D eigenvalue weighted by Crippen LogP contribution is 2.26. The van der Waals surface area contributed by atoms with Gasteiger partial charge < -0.3 is 19.7 Å². The van der Waals surface area contributed by atoms with E-state index in [1.807, 2.05) is 29.7 Å². The van der Waals surface area contributed by atoms with Gasteiger partial charge in [-0.2, -0.15) is 0 Å². The van der Waals surface area contributed by atoms with Crippen molar-refractivity contribution in [2.75, 3.05) is 37.6 Å². The van der Waals surface area contributed by atoms with Crippen LogP contribution in [0.4, 0.5) is 5.69 Å². The Hall–Kier alpha value is -2.76. The molecule has 32 heavy (non-hydrogen) atoms. The van der Waals surface area contributed by atoms with Gasteiger partial charge in [0.1, 0.15) is 5.69 Å². The minimum atomic E-state index is 0.0847. The van der Waals surface area contributed by atoms with E-state index >= 15 is 0 Å². The van der Waals surface area contributed by atoms with Crippen LogP contribution in [0.3, 0.4) is 0 Å². The predicted octanol–water partition coefficient (Wildman–Crippen LogP) is 3.92. The molecule has 2 aliphatic heterocycles. The summed E-state index contributed by atoms with van der Waals surface area (Å²) in [5.41, 5.74) is 5.23. The van der Waals surface area contributed by atoms with Crippen molar-refractivity contribution >= 4 is 17.5 Å². The Labute approximate surface area is 191 Å². The summed E-state index contributed by atoms with van der Waals surface area (Å²) in [4.78, 5) is 35.4. The molecule has 6 nitrogen and oxygen atoms in total. The van der Waals surface area contributed by atoms with Crippen LogP contribution in [0, 0.1) is 26.7 Å². The van der Waals surface area contributed by atoms with Crippen molar-refractivity contribution in [1.82, 2.24) is 14.8 Å². The maximum absolute atomic E-state index is 13.0. The number of aromatic nitrogens is 1. The molecule has 1 N–H and O–H groups in total. The molecule has 172 valence electrons. The molecule has 0 radical (unpaired) electrons. The quantitative estimate of drug-likeness (QED) is 0.790. The number of nitrogens with zero attached hydrogens (tertiary/aromatic N) is 3. The third-order valence-electron chi connectivity index (χ3n) is 7.04. The van der Waals surface area contributed by atoms with Crippen molar-refractivity contribution in [2.24, 2.45) is 5.92 Å². The van der Waals surface area contributed by atoms with Gasteiger partial charge in [0, 0.05) is 56.6 Å². The Kier molecular flexibility index (Phi) is 6.58. The van der Waals surface area contributed by atoms with E-state index in [4.69, 9.17) is 0 Å². The molecule has 2 fully saturated rings. The Morgan fingerprint density at radius 2 is 1.75 bits per heavy atom. The van der Waals surface area contributed by atoms with Crippen molar-refractivity contribution in [2.45, 2.75) is 53.0 Å². The molecule has 0 spiro atoms. The molecular weight excluding hydrogens is 400 g/mol. The normalized spacial score (nSPS) is 20.0. The molecule has 2 saturated heterocycles. The third kappa shape index (κ3) is 4.84. The highest BCUT2D eigenvalue weighted by atomic mass is 16.2. The monoisotopic (exact) mass is 436 g/mol. The molecule has 1 atom stereocenters. The number of anilines is 1. The fourth-order valence-electron chi connectivity index (χ4n) is 5.20. The van der Waals surface area contributed by atoms with Crippen molar-refractivity contribution in [1.29, 1.82) is 0 Å². The van der Waals surface area contributed by atoms with Gasteiger partial charge in [-0.05, 0) is 75.8 Å². The molecule has 2 aromatic rings. The van der Waals surface area contributed by atoms with Crippen molar-refractivity contribution in [3.8, 4) is 0 Å². The summed E-state index contributed by atoms with van der Waals surface area (Å²) in [6.07, 6.45) is 2.39. The minimum Gasteiger partial charge on any atom is -0.365 e. The first-order chi connectivity index (χ1) is 15.3. The number of hydrogen-bond donors (Lipinski definition) is 1. The van der Waals surface area contributed by atoms with Gasteiger partial charge in [-0.25, -0.2) is 0 Å². The molecule has 2 aliphatic rings. The average molecular weight is 437 g/mol. The van der Waals surface area contributed by atoms with E-state index in [1.165, 1.54) is 11.3 Å². The number of aromatic amines is 1. The van der Waals surface area contributed by atoms with Gasteiger partial charge in [-0.3, -0.25) is 9.59 Å². The number of likely N-dealkylation sites (tertiary alicyclic amines) is 1. The lowest BCUT2D eigenvalue weighted by Crippen LogP contribution is -2.54. The number of carbonyl (C=O) groups excluding carboxylic acids is 2. The van der Waals surface area contributed by atoms with Crippen LogP contribution in [0.1, 0.15) is 53.5 Å². The molecule has 6 heteroatoms. The number of amides is 2. The first-order valence-corrected chi connectivity index (χ1v) is 11.9. The zero-order chi connectivity index (χ0) is 22.8. The van der Waals surface area contributed by atoms with Gasteiger partial charge >= 0.3 is 0 Å². The van der Waals surface area contributed by atoms with E-state index < -0.39 is 0 Å². The number of hydrogen-bond acceptors (Lipinski definition) is 3. The summed E-state index contributed by atoms with van der Waals surface area (Å²) in [6, 6.07) is 10.9.